The molecule has 5 nitrogen and oxygen atoms in total. The summed E-state index contributed by atoms with van der Waals surface area (Å²) < 4.78 is 5.32. The SMILES string of the molecule is N#Cc1ccc(OCC(=O)Nc2ccc(CO)cc2)cc1. The van der Waals surface area contributed by atoms with Crippen LogP contribution in [0.4, 0.5) is 5.69 Å². The number of carbonyl (C=O) groups excluding carboxylic acids is 1. The van der Waals surface area contributed by atoms with E-state index in [1.165, 1.54) is 0 Å². The normalized spacial score (nSPS) is 9.71. The average molecular weight is 282 g/mol. The molecule has 0 radical (unpaired) electrons. The fourth-order valence-corrected chi connectivity index (χ4v) is 1.67. The van der Waals surface area contributed by atoms with E-state index >= 15 is 0 Å². The van der Waals surface area contributed by atoms with E-state index in [0.717, 1.165) is 5.56 Å². The zero-order chi connectivity index (χ0) is 15.1. The number of hydrogen-bond donors (Lipinski definition) is 2. The molecule has 106 valence electrons. The Labute approximate surface area is 122 Å². The number of nitrogens with one attached hydrogen (secondary N) is 1. The van der Waals surface area contributed by atoms with E-state index < -0.39 is 0 Å². The highest BCUT2D eigenvalue weighted by Gasteiger charge is 2.04. The third-order valence-corrected chi connectivity index (χ3v) is 2.77. The predicted molar refractivity (Wildman–Crippen MR) is 77.6 cm³/mol. The first-order chi connectivity index (χ1) is 10.2. The summed E-state index contributed by atoms with van der Waals surface area (Å²) in [5.74, 6) is 0.246. The summed E-state index contributed by atoms with van der Waals surface area (Å²) in [6.45, 7) is -0.149. The molecule has 0 aliphatic heterocycles. The summed E-state index contributed by atoms with van der Waals surface area (Å²) in [6.07, 6.45) is 0. The molecule has 2 aromatic rings. The lowest BCUT2D eigenvalue weighted by Gasteiger charge is -2.08. The molecule has 0 unspecified atom stereocenters. The number of ether oxygens (including phenoxy) is 1. The molecule has 0 atom stereocenters. The van der Waals surface area contributed by atoms with E-state index in [9.17, 15) is 4.79 Å². The molecule has 0 aromatic heterocycles. The monoisotopic (exact) mass is 282 g/mol. The van der Waals surface area contributed by atoms with Crippen LogP contribution >= 0.6 is 0 Å². The highest BCUT2D eigenvalue weighted by molar-refractivity contribution is 5.91. The molecule has 2 rings (SSSR count). The molecule has 0 bridgehead atoms. The summed E-state index contributed by atoms with van der Waals surface area (Å²) in [4.78, 5) is 11.7. The molecule has 2 N–H and O–H groups in total. The van der Waals surface area contributed by atoms with Crippen molar-refractivity contribution in [2.24, 2.45) is 0 Å². The maximum absolute atomic E-state index is 11.7. The number of anilines is 1. The second-order valence-electron chi connectivity index (χ2n) is 4.33. The topological polar surface area (TPSA) is 82.3 Å². The van der Waals surface area contributed by atoms with Gasteiger partial charge in [0.2, 0.25) is 0 Å². The van der Waals surface area contributed by atoms with Crippen molar-refractivity contribution in [3.05, 3.63) is 59.7 Å². The van der Waals surface area contributed by atoms with Crippen molar-refractivity contribution in [1.29, 1.82) is 5.26 Å². The van der Waals surface area contributed by atoms with E-state index in [1.54, 1.807) is 48.5 Å². The van der Waals surface area contributed by atoms with Crippen LogP contribution < -0.4 is 10.1 Å². The summed E-state index contributed by atoms with van der Waals surface area (Å²) in [7, 11) is 0. The predicted octanol–water partition coefficient (Wildman–Crippen LogP) is 2.07. The molecule has 21 heavy (non-hydrogen) atoms. The highest BCUT2D eigenvalue weighted by Crippen LogP contribution is 2.12. The first-order valence-electron chi connectivity index (χ1n) is 6.34. The summed E-state index contributed by atoms with van der Waals surface area (Å²) >= 11 is 0. The highest BCUT2D eigenvalue weighted by atomic mass is 16.5. The first-order valence-corrected chi connectivity index (χ1v) is 6.34. The van der Waals surface area contributed by atoms with Crippen molar-refractivity contribution in [2.75, 3.05) is 11.9 Å². The number of nitrogens with zero attached hydrogens (tertiary/aromatic N) is 1. The molecule has 0 fully saturated rings. The molecule has 0 saturated heterocycles. The molecule has 5 heteroatoms. The molecule has 1 amide bonds. The molecule has 0 aliphatic carbocycles. The summed E-state index contributed by atoms with van der Waals surface area (Å²) in [5.41, 5.74) is 1.96. The minimum atomic E-state index is -0.281. The Kier molecular flexibility index (Phi) is 4.91. The van der Waals surface area contributed by atoms with Crippen LogP contribution in [0.15, 0.2) is 48.5 Å². The van der Waals surface area contributed by atoms with E-state index in [2.05, 4.69) is 5.32 Å². The molecular weight excluding hydrogens is 268 g/mol. The van der Waals surface area contributed by atoms with Crippen LogP contribution in [-0.2, 0) is 11.4 Å². The Morgan fingerprint density at radius 2 is 1.81 bits per heavy atom. The van der Waals surface area contributed by atoms with Gasteiger partial charge in [0.1, 0.15) is 5.75 Å². The Morgan fingerprint density at radius 3 is 2.38 bits per heavy atom. The number of hydrogen-bond acceptors (Lipinski definition) is 4. The van der Waals surface area contributed by atoms with E-state index in [-0.39, 0.29) is 19.1 Å². The van der Waals surface area contributed by atoms with Crippen LogP contribution in [0.1, 0.15) is 11.1 Å². The second kappa shape index (κ2) is 7.08. The number of benzene rings is 2. The van der Waals surface area contributed by atoms with Crippen LogP contribution in [0.2, 0.25) is 0 Å². The van der Waals surface area contributed by atoms with Crippen molar-refractivity contribution < 1.29 is 14.6 Å². The lowest BCUT2D eigenvalue weighted by molar-refractivity contribution is -0.118. The largest absolute Gasteiger partial charge is 0.484 e. The number of aliphatic hydroxyl groups excluding tert-OH is 1. The quantitative estimate of drug-likeness (QED) is 0.879. The van der Waals surface area contributed by atoms with Crippen molar-refractivity contribution in [3.8, 4) is 11.8 Å². The number of nitriles is 1. The van der Waals surface area contributed by atoms with Crippen LogP contribution in [0.3, 0.4) is 0 Å². The maximum atomic E-state index is 11.7. The van der Waals surface area contributed by atoms with E-state index in [4.69, 9.17) is 15.1 Å². The lowest BCUT2D eigenvalue weighted by Crippen LogP contribution is -2.20. The van der Waals surface area contributed by atoms with Crippen molar-refractivity contribution in [3.63, 3.8) is 0 Å². The number of rotatable bonds is 5. The van der Waals surface area contributed by atoms with Crippen LogP contribution in [0, 0.1) is 11.3 Å². The number of amides is 1. The third-order valence-electron chi connectivity index (χ3n) is 2.77. The van der Waals surface area contributed by atoms with Gasteiger partial charge in [-0.05, 0) is 42.0 Å². The van der Waals surface area contributed by atoms with Crippen molar-refractivity contribution in [2.45, 2.75) is 6.61 Å². The van der Waals surface area contributed by atoms with Gasteiger partial charge in [0.05, 0.1) is 18.2 Å². The van der Waals surface area contributed by atoms with Gasteiger partial charge in [0.15, 0.2) is 6.61 Å². The van der Waals surface area contributed by atoms with Gasteiger partial charge in [-0.25, -0.2) is 0 Å². The Balaban J connectivity index is 1.84. The van der Waals surface area contributed by atoms with Gasteiger partial charge in [0.25, 0.3) is 5.91 Å². The maximum Gasteiger partial charge on any atom is 0.262 e. The zero-order valence-corrected chi connectivity index (χ0v) is 11.2. The Bertz CT molecular complexity index is 643. The fourth-order valence-electron chi connectivity index (χ4n) is 1.67. The third kappa shape index (κ3) is 4.34. The number of carbonyl (C=O) groups is 1. The van der Waals surface area contributed by atoms with Crippen LogP contribution in [-0.4, -0.2) is 17.6 Å². The molecule has 0 aliphatic rings. The lowest BCUT2D eigenvalue weighted by atomic mass is 10.2. The van der Waals surface area contributed by atoms with Gasteiger partial charge in [-0.3, -0.25) is 4.79 Å². The van der Waals surface area contributed by atoms with Gasteiger partial charge in [-0.1, -0.05) is 12.1 Å². The smallest absolute Gasteiger partial charge is 0.262 e. The van der Waals surface area contributed by atoms with Gasteiger partial charge in [0, 0.05) is 5.69 Å². The molecule has 0 spiro atoms. The minimum absolute atomic E-state index is 0.0317. The zero-order valence-electron chi connectivity index (χ0n) is 11.2. The first kappa shape index (κ1) is 14.6. The van der Waals surface area contributed by atoms with Gasteiger partial charge >= 0.3 is 0 Å². The molecular formula is C16H14N2O3. The molecule has 0 heterocycles. The summed E-state index contributed by atoms with van der Waals surface area (Å²) in [6, 6.07) is 15.4. The van der Waals surface area contributed by atoms with Gasteiger partial charge < -0.3 is 15.2 Å². The Hall–Kier alpha value is -2.84. The van der Waals surface area contributed by atoms with Crippen LogP contribution in [0.5, 0.6) is 5.75 Å². The van der Waals surface area contributed by atoms with Gasteiger partial charge in [-0.15, -0.1) is 0 Å². The number of aliphatic hydroxyl groups is 1. The van der Waals surface area contributed by atoms with Crippen molar-refractivity contribution >= 4 is 11.6 Å². The van der Waals surface area contributed by atoms with E-state index in [1.807, 2.05) is 6.07 Å². The average Bonchev–Trinajstić information content (AvgIpc) is 2.54. The van der Waals surface area contributed by atoms with Crippen molar-refractivity contribution in [1.82, 2.24) is 0 Å². The van der Waals surface area contributed by atoms with Gasteiger partial charge in [-0.2, -0.15) is 5.26 Å². The summed E-state index contributed by atoms with van der Waals surface area (Å²) in [5, 5.41) is 20.3. The molecule has 0 saturated carbocycles. The van der Waals surface area contributed by atoms with E-state index in [0.29, 0.717) is 17.0 Å². The minimum Gasteiger partial charge on any atom is -0.484 e. The standard InChI is InChI=1S/C16H14N2O3/c17-9-12-3-7-15(8-4-12)21-11-16(20)18-14-5-1-13(10-19)2-6-14/h1-8,19H,10-11H2,(H,18,20). The molecule has 2 aromatic carbocycles. The fraction of sp³-hybridized carbons (Fsp3) is 0.125. The Morgan fingerprint density at radius 1 is 1.14 bits per heavy atom. The van der Waals surface area contributed by atoms with Crippen LogP contribution in [0.25, 0.3) is 0 Å². The second-order valence-corrected chi connectivity index (χ2v) is 4.33.